The number of ether oxygens (including phenoxy) is 1. The van der Waals surface area contributed by atoms with Gasteiger partial charge in [0.1, 0.15) is 18.2 Å². The Labute approximate surface area is 143 Å². The number of hydrogen-bond acceptors (Lipinski definition) is 3. The molecule has 3 rings (SSSR count). The van der Waals surface area contributed by atoms with Gasteiger partial charge in [0.25, 0.3) is 5.91 Å². The Kier molecular flexibility index (Phi) is 4.91. The molecular weight excluding hydrogens is 325 g/mol. The molecule has 0 aliphatic rings. The van der Waals surface area contributed by atoms with Gasteiger partial charge in [-0.2, -0.15) is 0 Å². The summed E-state index contributed by atoms with van der Waals surface area (Å²) in [6.07, 6.45) is 0. The van der Waals surface area contributed by atoms with Gasteiger partial charge < -0.3 is 10.1 Å². The van der Waals surface area contributed by atoms with Crippen molar-refractivity contribution in [2.24, 2.45) is 0 Å². The van der Waals surface area contributed by atoms with Crippen LogP contribution in [0.15, 0.2) is 60.0 Å². The Morgan fingerprint density at radius 1 is 1.17 bits per heavy atom. The van der Waals surface area contributed by atoms with Crippen molar-refractivity contribution in [3.05, 3.63) is 81.8 Å². The van der Waals surface area contributed by atoms with E-state index >= 15 is 0 Å². The number of halogens is 1. The quantitative estimate of drug-likeness (QED) is 0.707. The standard InChI is InChI=1S/C19H16FNO2S/c1-13-5-7-17(8-6-13)23-11-14-9-18(24-12-14)19(22)21-16-4-2-3-15(20)10-16/h2-10,12H,11H2,1H3,(H,21,22). The molecule has 0 aliphatic heterocycles. The second-order valence-corrected chi connectivity index (χ2v) is 6.30. The van der Waals surface area contributed by atoms with Crippen LogP contribution in [0.25, 0.3) is 0 Å². The van der Waals surface area contributed by atoms with Gasteiger partial charge in [0.15, 0.2) is 0 Å². The molecule has 1 aromatic heterocycles. The number of carbonyl (C=O) groups is 1. The Balaban J connectivity index is 1.60. The summed E-state index contributed by atoms with van der Waals surface area (Å²) in [7, 11) is 0. The minimum atomic E-state index is -0.383. The average molecular weight is 341 g/mol. The summed E-state index contributed by atoms with van der Waals surface area (Å²) >= 11 is 1.33. The van der Waals surface area contributed by atoms with Crippen LogP contribution >= 0.6 is 11.3 Å². The molecule has 0 saturated heterocycles. The largest absolute Gasteiger partial charge is 0.489 e. The van der Waals surface area contributed by atoms with Crippen LogP contribution in [0.1, 0.15) is 20.8 Å². The van der Waals surface area contributed by atoms with E-state index in [1.807, 2.05) is 36.6 Å². The van der Waals surface area contributed by atoms with Gasteiger partial charge in [-0.3, -0.25) is 4.79 Å². The first kappa shape index (κ1) is 16.2. The molecule has 0 unspecified atom stereocenters. The van der Waals surface area contributed by atoms with Crippen molar-refractivity contribution in [2.75, 3.05) is 5.32 Å². The summed E-state index contributed by atoms with van der Waals surface area (Å²) in [5, 5.41) is 4.57. The number of carbonyl (C=O) groups excluding carboxylic acids is 1. The number of hydrogen-bond donors (Lipinski definition) is 1. The van der Waals surface area contributed by atoms with Crippen LogP contribution in [-0.2, 0) is 6.61 Å². The van der Waals surface area contributed by atoms with Gasteiger partial charge >= 0.3 is 0 Å². The van der Waals surface area contributed by atoms with E-state index in [1.54, 1.807) is 18.2 Å². The lowest BCUT2D eigenvalue weighted by Crippen LogP contribution is -2.10. The van der Waals surface area contributed by atoms with E-state index in [2.05, 4.69) is 5.32 Å². The molecule has 0 radical (unpaired) electrons. The number of thiophene rings is 1. The molecule has 24 heavy (non-hydrogen) atoms. The van der Waals surface area contributed by atoms with E-state index in [9.17, 15) is 9.18 Å². The second-order valence-electron chi connectivity index (χ2n) is 5.39. The first-order valence-electron chi connectivity index (χ1n) is 7.44. The van der Waals surface area contributed by atoms with Gasteiger partial charge in [0.2, 0.25) is 0 Å². The van der Waals surface area contributed by atoms with Crippen LogP contribution < -0.4 is 10.1 Å². The highest BCUT2D eigenvalue weighted by Crippen LogP contribution is 2.20. The topological polar surface area (TPSA) is 38.3 Å². The molecule has 0 saturated carbocycles. The van der Waals surface area contributed by atoms with Gasteiger partial charge in [-0.25, -0.2) is 4.39 Å². The predicted octanol–water partition coefficient (Wildman–Crippen LogP) is 5.03. The van der Waals surface area contributed by atoms with Gasteiger partial charge in [-0.1, -0.05) is 23.8 Å². The molecule has 0 spiro atoms. The van der Waals surface area contributed by atoms with Crippen molar-refractivity contribution >= 4 is 22.9 Å². The van der Waals surface area contributed by atoms with Gasteiger partial charge in [-0.05, 0) is 48.7 Å². The molecule has 122 valence electrons. The molecule has 3 nitrogen and oxygen atoms in total. The SMILES string of the molecule is Cc1ccc(OCc2csc(C(=O)Nc3cccc(F)c3)c2)cc1. The van der Waals surface area contributed by atoms with Crippen LogP contribution in [0.4, 0.5) is 10.1 Å². The van der Waals surface area contributed by atoms with Crippen LogP contribution in [0.3, 0.4) is 0 Å². The first-order valence-corrected chi connectivity index (χ1v) is 8.32. The minimum Gasteiger partial charge on any atom is -0.489 e. The molecule has 1 heterocycles. The Morgan fingerprint density at radius 2 is 1.96 bits per heavy atom. The summed E-state index contributed by atoms with van der Waals surface area (Å²) < 4.78 is 18.8. The number of aryl methyl sites for hydroxylation is 1. The van der Waals surface area contributed by atoms with Crippen LogP contribution in [-0.4, -0.2) is 5.91 Å². The molecule has 1 amide bonds. The third kappa shape index (κ3) is 4.20. The van der Waals surface area contributed by atoms with Crippen LogP contribution in [0, 0.1) is 12.7 Å². The molecule has 1 N–H and O–H groups in total. The monoisotopic (exact) mass is 341 g/mol. The molecule has 3 aromatic rings. The number of benzene rings is 2. The van der Waals surface area contributed by atoms with E-state index < -0.39 is 0 Å². The summed E-state index contributed by atoms with van der Waals surface area (Å²) in [5.41, 5.74) is 2.53. The summed E-state index contributed by atoms with van der Waals surface area (Å²) in [6, 6.07) is 15.4. The normalized spacial score (nSPS) is 10.4. The van der Waals surface area contributed by atoms with E-state index in [0.29, 0.717) is 17.2 Å². The van der Waals surface area contributed by atoms with Gasteiger partial charge in [0.05, 0.1) is 4.88 Å². The van der Waals surface area contributed by atoms with E-state index in [0.717, 1.165) is 11.3 Å². The molecule has 5 heteroatoms. The molecule has 2 aromatic carbocycles. The zero-order valence-corrected chi connectivity index (χ0v) is 13.9. The molecule has 0 fully saturated rings. The van der Waals surface area contributed by atoms with Gasteiger partial charge in [-0.15, -0.1) is 11.3 Å². The van der Waals surface area contributed by atoms with Crippen molar-refractivity contribution in [3.63, 3.8) is 0 Å². The van der Waals surface area contributed by atoms with Crippen LogP contribution in [0.2, 0.25) is 0 Å². The minimum absolute atomic E-state index is 0.257. The van der Waals surface area contributed by atoms with E-state index in [-0.39, 0.29) is 11.7 Å². The predicted molar refractivity (Wildman–Crippen MR) is 94.2 cm³/mol. The maximum atomic E-state index is 13.1. The Morgan fingerprint density at radius 3 is 2.71 bits per heavy atom. The zero-order chi connectivity index (χ0) is 16.9. The highest BCUT2D eigenvalue weighted by molar-refractivity contribution is 7.12. The third-order valence-corrected chi connectivity index (χ3v) is 4.36. The smallest absolute Gasteiger partial charge is 0.265 e. The molecule has 0 aliphatic carbocycles. The lowest BCUT2D eigenvalue weighted by atomic mass is 10.2. The Hall–Kier alpha value is -2.66. The molecular formula is C19H16FNO2S. The number of amides is 1. The van der Waals surface area contributed by atoms with Crippen molar-refractivity contribution in [2.45, 2.75) is 13.5 Å². The second kappa shape index (κ2) is 7.27. The fourth-order valence-corrected chi connectivity index (χ4v) is 2.92. The zero-order valence-electron chi connectivity index (χ0n) is 13.1. The van der Waals surface area contributed by atoms with Gasteiger partial charge in [0, 0.05) is 11.3 Å². The summed E-state index contributed by atoms with van der Waals surface area (Å²) in [6.45, 7) is 2.42. The molecule has 0 atom stereocenters. The van der Waals surface area contributed by atoms with E-state index in [1.165, 1.54) is 29.0 Å². The molecule has 0 bridgehead atoms. The first-order chi connectivity index (χ1) is 11.6. The number of nitrogens with one attached hydrogen (secondary N) is 1. The highest BCUT2D eigenvalue weighted by atomic mass is 32.1. The number of anilines is 1. The van der Waals surface area contributed by atoms with Crippen molar-refractivity contribution < 1.29 is 13.9 Å². The fraction of sp³-hybridized carbons (Fsp3) is 0.105. The average Bonchev–Trinajstić information content (AvgIpc) is 3.03. The van der Waals surface area contributed by atoms with Crippen molar-refractivity contribution in [1.82, 2.24) is 0 Å². The van der Waals surface area contributed by atoms with Crippen molar-refractivity contribution in [3.8, 4) is 5.75 Å². The van der Waals surface area contributed by atoms with E-state index in [4.69, 9.17) is 4.74 Å². The summed E-state index contributed by atoms with van der Waals surface area (Å²) in [4.78, 5) is 12.7. The maximum absolute atomic E-state index is 13.1. The highest BCUT2D eigenvalue weighted by Gasteiger charge is 2.10. The van der Waals surface area contributed by atoms with Crippen LogP contribution in [0.5, 0.6) is 5.75 Å². The fourth-order valence-electron chi connectivity index (χ4n) is 2.13. The maximum Gasteiger partial charge on any atom is 0.265 e. The lowest BCUT2D eigenvalue weighted by Gasteiger charge is -2.05. The third-order valence-electron chi connectivity index (χ3n) is 3.39. The number of rotatable bonds is 5. The van der Waals surface area contributed by atoms with Crippen molar-refractivity contribution in [1.29, 1.82) is 0 Å². The summed E-state index contributed by atoms with van der Waals surface area (Å²) in [5.74, 6) is 0.149. The lowest BCUT2D eigenvalue weighted by molar-refractivity contribution is 0.103. The Bertz CT molecular complexity index is 843.